The van der Waals surface area contributed by atoms with E-state index in [-0.39, 0.29) is 25.0 Å². The molecule has 2 aromatic heterocycles. The zero-order valence-electron chi connectivity index (χ0n) is 17.4. The van der Waals surface area contributed by atoms with Gasteiger partial charge in [-0.25, -0.2) is 14.8 Å². The number of aliphatic carboxylic acids is 1. The molecule has 162 valence electrons. The number of ether oxygens (including phenoxy) is 1. The highest BCUT2D eigenvalue weighted by Gasteiger charge is 2.20. The summed E-state index contributed by atoms with van der Waals surface area (Å²) in [5, 5.41) is 12.3. The second kappa shape index (κ2) is 9.69. The van der Waals surface area contributed by atoms with Gasteiger partial charge in [0.15, 0.2) is 0 Å². The SMILES string of the molecule is Cc1c(COc2ncnc(NC(Cc3c[nH]cn3)C(=O)O)n2)cccc1-c1ccccc1. The molecule has 9 nitrogen and oxygen atoms in total. The third-order valence-corrected chi connectivity index (χ3v) is 5.01. The number of carbonyl (C=O) groups is 1. The lowest BCUT2D eigenvalue weighted by molar-refractivity contribution is -0.137. The monoisotopic (exact) mass is 430 g/mol. The van der Waals surface area contributed by atoms with Crippen LogP contribution in [-0.4, -0.2) is 42.0 Å². The Morgan fingerprint density at radius 2 is 1.97 bits per heavy atom. The molecule has 0 spiro atoms. The van der Waals surface area contributed by atoms with E-state index < -0.39 is 12.0 Å². The number of aromatic nitrogens is 5. The molecule has 0 aliphatic carbocycles. The molecule has 0 bridgehead atoms. The average molecular weight is 430 g/mol. The smallest absolute Gasteiger partial charge is 0.326 e. The maximum Gasteiger partial charge on any atom is 0.326 e. The first-order valence-electron chi connectivity index (χ1n) is 10.0. The first kappa shape index (κ1) is 21.0. The number of carboxylic acids is 1. The number of aromatic amines is 1. The number of carboxylic acid groups (broad SMARTS) is 1. The Morgan fingerprint density at radius 1 is 1.12 bits per heavy atom. The normalized spacial score (nSPS) is 11.7. The van der Waals surface area contributed by atoms with E-state index in [0.29, 0.717) is 5.69 Å². The van der Waals surface area contributed by atoms with E-state index in [2.05, 4.69) is 48.4 Å². The number of H-pyrrole nitrogens is 1. The Bertz CT molecular complexity index is 1180. The standard InChI is InChI=1S/C23H22N6O3/c1-15-17(8-5-9-19(15)16-6-3-2-4-7-16)12-32-23-27-14-26-22(29-23)28-20(21(30)31)10-18-11-24-13-25-18/h2-9,11,13-14,20H,10,12H2,1H3,(H,24,25)(H,30,31)(H,26,27,28,29). The van der Waals surface area contributed by atoms with Gasteiger partial charge in [-0.05, 0) is 29.2 Å². The van der Waals surface area contributed by atoms with Crippen molar-refractivity contribution in [2.24, 2.45) is 0 Å². The summed E-state index contributed by atoms with van der Waals surface area (Å²) in [4.78, 5) is 30.7. The van der Waals surface area contributed by atoms with Crippen LogP contribution in [0, 0.1) is 6.92 Å². The maximum absolute atomic E-state index is 11.6. The van der Waals surface area contributed by atoms with Crippen LogP contribution >= 0.6 is 0 Å². The molecule has 0 aliphatic rings. The number of nitrogens with one attached hydrogen (secondary N) is 2. The summed E-state index contributed by atoms with van der Waals surface area (Å²) in [6, 6.07) is 15.4. The van der Waals surface area contributed by atoms with Crippen LogP contribution in [0.3, 0.4) is 0 Å². The minimum absolute atomic E-state index is 0.107. The number of nitrogens with zero attached hydrogens (tertiary/aromatic N) is 4. The molecule has 2 heterocycles. The molecule has 2 aromatic carbocycles. The number of rotatable bonds is 9. The van der Waals surface area contributed by atoms with Crippen molar-refractivity contribution in [2.75, 3.05) is 5.32 Å². The fraction of sp³-hybridized carbons (Fsp3) is 0.174. The van der Waals surface area contributed by atoms with Crippen molar-refractivity contribution >= 4 is 11.9 Å². The molecule has 32 heavy (non-hydrogen) atoms. The van der Waals surface area contributed by atoms with Crippen LogP contribution in [0.4, 0.5) is 5.95 Å². The molecular formula is C23H22N6O3. The summed E-state index contributed by atoms with van der Waals surface area (Å²) in [6.45, 7) is 2.32. The summed E-state index contributed by atoms with van der Waals surface area (Å²) < 4.78 is 5.79. The largest absolute Gasteiger partial charge is 0.480 e. The molecule has 0 radical (unpaired) electrons. The van der Waals surface area contributed by atoms with Gasteiger partial charge in [0.2, 0.25) is 5.95 Å². The van der Waals surface area contributed by atoms with Gasteiger partial charge in [0.1, 0.15) is 19.0 Å². The van der Waals surface area contributed by atoms with E-state index in [1.807, 2.05) is 37.3 Å². The molecule has 9 heteroatoms. The first-order chi connectivity index (χ1) is 15.6. The fourth-order valence-corrected chi connectivity index (χ4v) is 3.30. The minimum atomic E-state index is -1.04. The highest BCUT2D eigenvalue weighted by Crippen LogP contribution is 2.26. The number of imidazole rings is 1. The fourth-order valence-electron chi connectivity index (χ4n) is 3.30. The van der Waals surface area contributed by atoms with Crippen molar-refractivity contribution in [1.82, 2.24) is 24.9 Å². The van der Waals surface area contributed by atoms with Gasteiger partial charge in [-0.3, -0.25) is 0 Å². The summed E-state index contributed by atoms with van der Waals surface area (Å²) >= 11 is 0. The molecule has 1 atom stereocenters. The van der Waals surface area contributed by atoms with Gasteiger partial charge in [-0.15, -0.1) is 0 Å². The summed E-state index contributed by atoms with van der Waals surface area (Å²) in [5.74, 6) is -0.920. The lowest BCUT2D eigenvalue weighted by Crippen LogP contribution is -2.32. The number of anilines is 1. The Balaban J connectivity index is 1.45. The van der Waals surface area contributed by atoms with E-state index in [1.54, 1.807) is 6.20 Å². The van der Waals surface area contributed by atoms with Crippen LogP contribution in [-0.2, 0) is 17.8 Å². The second-order valence-corrected chi connectivity index (χ2v) is 7.14. The van der Waals surface area contributed by atoms with Crippen molar-refractivity contribution in [3.05, 3.63) is 84.2 Å². The van der Waals surface area contributed by atoms with Gasteiger partial charge in [0, 0.05) is 12.6 Å². The number of hydrogen-bond donors (Lipinski definition) is 3. The van der Waals surface area contributed by atoms with Crippen LogP contribution in [0.25, 0.3) is 11.1 Å². The van der Waals surface area contributed by atoms with Gasteiger partial charge in [-0.2, -0.15) is 9.97 Å². The van der Waals surface area contributed by atoms with Crippen molar-refractivity contribution in [2.45, 2.75) is 26.0 Å². The van der Waals surface area contributed by atoms with E-state index in [1.165, 1.54) is 12.7 Å². The summed E-state index contributed by atoms with van der Waals surface area (Å²) in [5.41, 5.74) is 4.99. The van der Waals surface area contributed by atoms with Crippen LogP contribution in [0.15, 0.2) is 67.4 Å². The van der Waals surface area contributed by atoms with Gasteiger partial charge in [-0.1, -0.05) is 48.5 Å². The van der Waals surface area contributed by atoms with Crippen molar-refractivity contribution in [1.29, 1.82) is 0 Å². The lowest BCUT2D eigenvalue weighted by atomic mass is 9.97. The van der Waals surface area contributed by atoms with Crippen LogP contribution in [0.2, 0.25) is 0 Å². The molecule has 0 amide bonds. The molecule has 4 rings (SSSR count). The third-order valence-electron chi connectivity index (χ3n) is 5.01. The minimum Gasteiger partial charge on any atom is -0.480 e. The maximum atomic E-state index is 11.6. The lowest BCUT2D eigenvalue weighted by Gasteiger charge is -2.14. The number of benzene rings is 2. The van der Waals surface area contributed by atoms with Gasteiger partial charge in [0.25, 0.3) is 0 Å². The summed E-state index contributed by atoms with van der Waals surface area (Å²) in [7, 11) is 0. The van der Waals surface area contributed by atoms with Crippen molar-refractivity contribution < 1.29 is 14.6 Å². The molecule has 0 saturated heterocycles. The molecule has 3 N–H and O–H groups in total. The quantitative estimate of drug-likeness (QED) is 0.369. The Labute approximate surface area is 184 Å². The van der Waals surface area contributed by atoms with E-state index in [0.717, 1.165) is 22.3 Å². The zero-order valence-corrected chi connectivity index (χ0v) is 17.4. The molecule has 0 aliphatic heterocycles. The highest BCUT2D eigenvalue weighted by molar-refractivity contribution is 5.76. The Hall–Kier alpha value is -4.27. The molecule has 0 fully saturated rings. The van der Waals surface area contributed by atoms with Gasteiger partial charge in [0.05, 0.1) is 12.0 Å². The highest BCUT2D eigenvalue weighted by atomic mass is 16.5. The van der Waals surface area contributed by atoms with Crippen LogP contribution < -0.4 is 10.1 Å². The molecular weight excluding hydrogens is 408 g/mol. The topological polar surface area (TPSA) is 126 Å². The van der Waals surface area contributed by atoms with Crippen molar-refractivity contribution in [3.63, 3.8) is 0 Å². The number of hydrogen-bond acceptors (Lipinski definition) is 7. The van der Waals surface area contributed by atoms with Gasteiger partial charge < -0.3 is 20.1 Å². The van der Waals surface area contributed by atoms with Crippen LogP contribution in [0.5, 0.6) is 6.01 Å². The third kappa shape index (κ3) is 5.07. The van der Waals surface area contributed by atoms with E-state index in [9.17, 15) is 9.90 Å². The predicted octanol–water partition coefficient (Wildman–Crippen LogP) is 3.26. The van der Waals surface area contributed by atoms with E-state index >= 15 is 0 Å². The molecule has 0 saturated carbocycles. The molecule has 1 unspecified atom stereocenters. The second-order valence-electron chi connectivity index (χ2n) is 7.14. The summed E-state index contributed by atoms with van der Waals surface area (Å²) in [6.07, 6.45) is 4.60. The Morgan fingerprint density at radius 3 is 2.72 bits per heavy atom. The van der Waals surface area contributed by atoms with E-state index in [4.69, 9.17) is 4.74 Å². The molecule has 4 aromatic rings. The zero-order chi connectivity index (χ0) is 22.3. The first-order valence-corrected chi connectivity index (χ1v) is 10.0. The van der Waals surface area contributed by atoms with Crippen molar-refractivity contribution in [3.8, 4) is 17.1 Å². The van der Waals surface area contributed by atoms with Crippen LogP contribution in [0.1, 0.15) is 16.8 Å². The Kier molecular flexibility index (Phi) is 6.35. The predicted molar refractivity (Wildman–Crippen MR) is 118 cm³/mol. The average Bonchev–Trinajstić information content (AvgIpc) is 3.32. The van der Waals surface area contributed by atoms with Gasteiger partial charge >= 0.3 is 12.0 Å².